The predicted octanol–water partition coefficient (Wildman–Crippen LogP) is 1.67. The molecule has 1 saturated heterocycles. The average molecular weight is 582 g/mol. The molecule has 24 N–H and O–H groups in total. The van der Waals surface area contributed by atoms with E-state index in [4.69, 9.17) is 29.4 Å². The van der Waals surface area contributed by atoms with Crippen molar-refractivity contribution in [1.82, 2.24) is 36.9 Å². The molecule has 0 amide bonds. The van der Waals surface area contributed by atoms with E-state index in [1.807, 2.05) is 0 Å². The largest absolute Gasteiger partial charge is 0.490 e. The van der Waals surface area contributed by atoms with E-state index in [1.165, 1.54) is 0 Å². The lowest BCUT2D eigenvalue weighted by Gasteiger charge is -2.23. The molecule has 30 heavy (non-hydrogen) atoms. The minimum Gasteiger partial charge on any atom is -0.344 e. The van der Waals surface area contributed by atoms with E-state index >= 15 is 0 Å². The van der Waals surface area contributed by atoms with Crippen LogP contribution >= 0.6 is 46.9 Å². The third kappa shape index (κ3) is 16.3. The maximum atomic E-state index is 11.2. The Morgan fingerprint density at radius 2 is 0.367 bits per heavy atom. The fourth-order valence-corrected chi connectivity index (χ4v) is 9.46. The van der Waals surface area contributed by atoms with Crippen LogP contribution in [0.25, 0.3) is 0 Å². The van der Waals surface area contributed by atoms with Gasteiger partial charge in [-0.1, -0.05) is 0 Å². The lowest BCUT2D eigenvalue weighted by Crippen LogP contribution is -2.02. The number of hydrogen-bond acceptors (Lipinski definition) is 18. The van der Waals surface area contributed by atoms with Gasteiger partial charge in [-0.25, -0.2) is 27.4 Å². The fourth-order valence-electron chi connectivity index (χ4n) is 0.872. The van der Waals surface area contributed by atoms with Crippen molar-refractivity contribution in [2.45, 2.75) is 0 Å². The van der Waals surface area contributed by atoms with Crippen molar-refractivity contribution in [3.05, 3.63) is 0 Å². The molecule has 0 aromatic heterocycles. The van der Waals surface area contributed by atoms with Crippen LogP contribution < -0.4 is 36.9 Å². The molecule has 0 radical (unpaired) electrons. The van der Waals surface area contributed by atoms with Crippen molar-refractivity contribution < 1.29 is 82.6 Å². The van der Waals surface area contributed by atoms with Crippen LogP contribution in [-0.4, -0.2) is 29.4 Å². The molecule has 1 rings (SSSR count). The molecule has 0 atom stereocenters. The molecule has 192 valence electrons. The van der Waals surface area contributed by atoms with Gasteiger partial charge in [0, 0.05) is 0 Å². The zero-order valence-corrected chi connectivity index (χ0v) is 19.9. The molecule has 0 aromatic carbocycles. The highest BCUT2D eigenvalue weighted by Crippen LogP contribution is 2.79. The molecule has 1 aliphatic rings. The summed E-state index contributed by atoms with van der Waals surface area (Å²) >= 11 is 0. The molecule has 0 unspecified atom stereocenters. The van der Waals surface area contributed by atoms with E-state index < -0.39 is 46.9 Å². The fraction of sp³-hybridized carbons (Fsp3) is 0. The summed E-state index contributed by atoms with van der Waals surface area (Å²) in [6, 6.07) is 0. The van der Waals surface area contributed by atoms with Crippen LogP contribution in [0.1, 0.15) is 0 Å². The van der Waals surface area contributed by atoms with Gasteiger partial charge in [-0.3, -0.25) is 0 Å². The minimum atomic E-state index is -6.11. The monoisotopic (exact) mass is 582 g/mol. The lowest BCUT2D eigenvalue weighted by atomic mass is 14.0. The van der Waals surface area contributed by atoms with Crippen LogP contribution in [0.2, 0.25) is 0 Å². The molecule has 0 spiro atoms. The number of rotatable bonds is 0. The molecular weight excluding hydrogens is 558 g/mol. The molecule has 1 heterocycles. The highest BCUT2D eigenvalue weighted by Gasteiger charge is 2.53. The SMILES string of the molecule is N.N.N.N.N.N.O=P1(O)OP(=O)(O)OP(=O)(O)OP(=O)(O)OP(=O)(O)OP(=O)(O)O1. The van der Waals surface area contributed by atoms with Crippen LogP contribution in [0.4, 0.5) is 0 Å². The summed E-state index contributed by atoms with van der Waals surface area (Å²) in [4.78, 5) is 53.6. The highest BCUT2D eigenvalue weighted by atomic mass is 31.3. The first kappa shape index (κ1) is 44.4. The molecule has 0 saturated carbocycles. The Bertz CT molecular complexity index is 596. The molecule has 0 aromatic rings. The standard InChI is InChI=1S/6H3N.H6O18P6/c;;;;;;1-19(2)13-20(3,4)15-22(7,8)17-24(11,12)18-23(9,10)16-21(5,6)14-19/h6*1H3;(H,1,2)(H,3,4)(H,5,6)(H,7,8)(H,9,10)(H,11,12). The second-order valence-electron chi connectivity index (χ2n) is 3.30. The van der Waals surface area contributed by atoms with E-state index in [2.05, 4.69) is 25.9 Å². The van der Waals surface area contributed by atoms with Crippen molar-refractivity contribution in [3.8, 4) is 0 Å². The smallest absolute Gasteiger partial charge is 0.344 e. The van der Waals surface area contributed by atoms with Crippen molar-refractivity contribution in [2.75, 3.05) is 0 Å². The molecule has 1 aliphatic heterocycles. The summed E-state index contributed by atoms with van der Waals surface area (Å²) in [7, 11) is -36.7. The van der Waals surface area contributed by atoms with E-state index in [0.717, 1.165) is 0 Å². The molecule has 24 nitrogen and oxygen atoms in total. The van der Waals surface area contributed by atoms with Crippen LogP contribution in [0.3, 0.4) is 0 Å². The molecule has 1 fully saturated rings. The van der Waals surface area contributed by atoms with E-state index in [9.17, 15) is 27.4 Å². The van der Waals surface area contributed by atoms with Gasteiger partial charge in [0.1, 0.15) is 0 Å². The van der Waals surface area contributed by atoms with Crippen molar-refractivity contribution in [1.29, 1.82) is 0 Å². The summed E-state index contributed by atoms with van der Waals surface area (Å²) in [5.41, 5.74) is 0. The summed E-state index contributed by atoms with van der Waals surface area (Å²) in [6.07, 6.45) is 0. The van der Waals surface area contributed by atoms with Gasteiger partial charge in [0.05, 0.1) is 0 Å². The van der Waals surface area contributed by atoms with Gasteiger partial charge in [0.25, 0.3) is 0 Å². The van der Waals surface area contributed by atoms with Crippen LogP contribution in [0.5, 0.6) is 0 Å². The first-order valence-electron chi connectivity index (χ1n) is 4.49. The van der Waals surface area contributed by atoms with Crippen LogP contribution in [0.15, 0.2) is 0 Å². The maximum Gasteiger partial charge on any atom is 0.490 e. The summed E-state index contributed by atoms with van der Waals surface area (Å²) < 4.78 is 86.9. The summed E-state index contributed by atoms with van der Waals surface area (Å²) in [6.45, 7) is 0. The van der Waals surface area contributed by atoms with Gasteiger partial charge in [-0.15, -0.1) is 0 Å². The lowest BCUT2D eigenvalue weighted by molar-refractivity contribution is 0.168. The predicted molar refractivity (Wildman–Crippen MR) is 95.6 cm³/mol. The molecular formula is H24N6O18P6. The topological polar surface area (TPSA) is 489 Å². The quantitative estimate of drug-likeness (QED) is 0.181. The third-order valence-corrected chi connectivity index (χ3v) is 11.1. The van der Waals surface area contributed by atoms with Crippen molar-refractivity contribution >= 4 is 46.9 Å². The second kappa shape index (κ2) is 13.4. The maximum absolute atomic E-state index is 11.2. The highest BCUT2D eigenvalue weighted by molar-refractivity contribution is 7.75. The zero-order valence-electron chi connectivity index (χ0n) is 14.5. The molecule has 30 heteroatoms. The van der Waals surface area contributed by atoms with E-state index in [1.54, 1.807) is 0 Å². The summed E-state index contributed by atoms with van der Waals surface area (Å²) in [5, 5.41) is 0. The Labute approximate surface area is 167 Å². The molecule has 0 aliphatic carbocycles. The van der Waals surface area contributed by atoms with E-state index in [-0.39, 0.29) is 36.9 Å². The van der Waals surface area contributed by atoms with Gasteiger partial charge < -0.3 is 66.3 Å². The van der Waals surface area contributed by atoms with Gasteiger partial charge >= 0.3 is 46.9 Å². The number of hydrogen-bond donors (Lipinski definition) is 12. The van der Waals surface area contributed by atoms with Crippen molar-refractivity contribution in [3.63, 3.8) is 0 Å². The third-order valence-electron chi connectivity index (χ3n) is 1.24. The Balaban J connectivity index is -0.000000240. The Morgan fingerprint density at radius 3 is 0.433 bits per heavy atom. The van der Waals surface area contributed by atoms with Crippen LogP contribution in [0, 0.1) is 0 Å². The Kier molecular flexibility index (Phi) is 19.8. The van der Waals surface area contributed by atoms with Crippen molar-refractivity contribution in [2.24, 2.45) is 0 Å². The van der Waals surface area contributed by atoms with Gasteiger partial charge in [0.2, 0.25) is 0 Å². The Hall–Kier alpha value is 0.660. The first-order valence-corrected chi connectivity index (χ1v) is 13.5. The zero-order chi connectivity index (χ0) is 19.2. The summed E-state index contributed by atoms with van der Waals surface area (Å²) in [5.74, 6) is 0. The first-order chi connectivity index (χ1) is 10.2. The minimum absolute atomic E-state index is 0. The normalized spacial score (nSPS) is 44.2. The van der Waals surface area contributed by atoms with E-state index in [0.29, 0.717) is 0 Å². The Morgan fingerprint density at radius 1 is 0.300 bits per heavy atom. The number of phosphoric acid groups is 6. The van der Waals surface area contributed by atoms with Gasteiger partial charge in [0.15, 0.2) is 0 Å². The molecule has 0 bridgehead atoms. The van der Waals surface area contributed by atoms with Gasteiger partial charge in [-0.2, -0.15) is 25.9 Å². The second-order valence-corrected chi connectivity index (χ2v) is 12.8. The van der Waals surface area contributed by atoms with Crippen LogP contribution in [-0.2, 0) is 53.3 Å². The average Bonchev–Trinajstić information content (AvgIpc) is 1.98. The van der Waals surface area contributed by atoms with Gasteiger partial charge in [-0.05, 0) is 0 Å².